The van der Waals surface area contributed by atoms with Gasteiger partial charge in [-0.3, -0.25) is 14.4 Å². The van der Waals surface area contributed by atoms with E-state index in [1.54, 1.807) is 20.8 Å². The van der Waals surface area contributed by atoms with Gasteiger partial charge in [0.15, 0.2) is 0 Å². The zero-order chi connectivity index (χ0) is 22.3. The first-order valence-corrected chi connectivity index (χ1v) is 8.42. The maximum atomic E-state index is 10.4. The van der Waals surface area contributed by atoms with E-state index >= 15 is 0 Å². The maximum Gasteiger partial charge on any atom is 3.00 e. The van der Waals surface area contributed by atoms with E-state index < -0.39 is 35.7 Å². The SMILES string of the molecule is CCC(C(C)=O)C(=O)[O-].CCC(C(C)=O)C(=O)[O-].CCC(C(C)=O)C(=O)[O-].[In+3]. The Morgan fingerprint density at radius 2 is 0.679 bits per heavy atom. The van der Waals surface area contributed by atoms with Gasteiger partial charge in [0, 0.05) is 0 Å². The Balaban J connectivity index is -0.000000152. The van der Waals surface area contributed by atoms with Crippen molar-refractivity contribution < 1.29 is 44.1 Å². The van der Waals surface area contributed by atoms with Gasteiger partial charge in [-0.2, -0.15) is 0 Å². The largest absolute Gasteiger partial charge is 3.00 e. The molecule has 0 amide bonds. The van der Waals surface area contributed by atoms with Crippen LogP contribution in [0.15, 0.2) is 0 Å². The Labute approximate surface area is 183 Å². The smallest absolute Gasteiger partial charge is 0.549 e. The molecular weight excluding hydrogens is 475 g/mol. The topological polar surface area (TPSA) is 172 Å². The van der Waals surface area contributed by atoms with E-state index in [0.29, 0.717) is 19.3 Å². The summed E-state index contributed by atoms with van der Waals surface area (Å²) in [5, 5.41) is 30.1. The van der Waals surface area contributed by atoms with Crippen LogP contribution in [0.3, 0.4) is 0 Å². The van der Waals surface area contributed by atoms with Crippen LogP contribution in [0.1, 0.15) is 60.8 Å². The summed E-state index contributed by atoms with van der Waals surface area (Å²) in [6.45, 7) is 8.68. The van der Waals surface area contributed by atoms with Crippen LogP contribution in [-0.4, -0.2) is 61.1 Å². The second kappa shape index (κ2) is 18.6. The van der Waals surface area contributed by atoms with Crippen molar-refractivity contribution >= 4 is 61.1 Å². The molecule has 0 aromatic heterocycles. The zero-order valence-electron chi connectivity index (χ0n) is 17.1. The minimum Gasteiger partial charge on any atom is -0.549 e. The molecule has 3 atom stereocenters. The number of aliphatic carboxylic acids is 3. The molecule has 10 heteroatoms. The summed E-state index contributed by atoms with van der Waals surface area (Å²) < 4.78 is 0. The van der Waals surface area contributed by atoms with Gasteiger partial charge in [-0.25, -0.2) is 0 Å². The summed E-state index contributed by atoms with van der Waals surface area (Å²) in [6.07, 6.45) is 0.951. The minimum atomic E-state index is -1.27. The van der Waals surface area contributed by atoms with Crippen LogP contribution in [0.5, 0.6) is 0 Å². The van der Waals surface area contributed by atoms with Crippen LogP contribution in [-0.2, 0) is 28.8 Å². The number of hydrogen-bond acceptors (Lipinski definition) is 9. The van der Waals surface area contributed by atoms with Crippen LogP contribution < -0.4 is 15.3 Å². The Morgan fingerprint density at radius 1 is 0.536 bits per heavy atom. The van der Waals surface area contributed by atoms with Crippen molar-refractivity contribution in [2.75, 3.05) is 0 Å². The zero-order valence-corrected chi connectivity index (χ0v) is 20.4. The molecule has 0 rings (SSSR count). The predicted octanol–water partition coefficient (Wildman–Crippen LogP) is -2.33. The fourth-order valence-corrected chi connectivity index (χ4v) is 1.86. The molecule has 0 saturated heterocycles. The molecule has 0 N–H and O–H groups in total. The molecule has 0 aliphatic rings. The van der Waals surface area contributed by atoms with Crippen LogP contribution in [0.2, 0.25) is 0 Å². The standard InChI is InChI=1S/3C6H10O3.In/c3*1-3-5(4(2)7)6(8)9;/h3*5H,3H2,1-2H3,(H,8,9);/q;;;+3/p-3. The molecule has 0 heterocycles. The second-order valence-corrected chi connectivity index (χ2v) is 5.67. The molecule has 0 saturated carbocycles. The minimum absolute atomic E-state index is 0. The number of carboxylic acid groups (broad SMARTS) is 3. The normalized spacial score (nSPS) is 12.2. The van der Waals surface area contributed by atoms with Gasteiger partial charge >= 0.3 is 25.8 Å². The average molecular weight is 502 g/mol. The molecule has 0 aliphatic heterocycles. The number of ketones is 3. The fraction of sp³-hybridized carbons (Fsp3) is 0.667. The van der Waals surface area contributed by atoms with Gasteiger partial charge < -0.3 is 29.7 Å². The first-order chi connectivity index (χ1) is 12.3. The molecule has 9 nitrogen and oxygen atoms in total. The number of hydrogen-bond donors (Lipinski definition) is 0. The predicted molar refractivity (Wildman–Crippen MR) is 94.2 cm³/mol. The van der Waals surface area contributed by atoms with Crippen LogP contribution in [0.4, 0.5) is 0 Å². The first kappa shape index (κ1) is 33.8. The van der Waals surface area contributed by atoms with E-state index in [4.69, 9.17) is 0 Å². The number of carboxylic acids is 3. The van der Waals surface area contributed by atoms with Crippen LogP contribution in [0.25, 0.3) is 0 Å². The number of carbonyl (C=O) groups is 6. The van der Waals surface area contributed by atoms with E-state index in [2.05, 4.69) is 0 Å². The molecule has 0 aromatic rings. The van der Waals surface area contributed by atoms with Crippen LogP contribution >= 0.6 is 0 Å². The average Bonchev–Trinajstić information content (AvgIpc) is 2.47. The maximum absolute atomic E-state index is 10.4. The Kier molecular flexibility index (Phi) is 22.5. The molecule has 156 valence electrons. The van der Waals surface area contributed by atoms with E-state index in [1.807, 2.05) is 0 Å². The molecule has 0 aliphatic carbocycles. The summed E-state index contributed by atoms with van der Waals surface area (Å²) in [6, 6.07) is 0. The van der Waals surface area contributed by atoms with E-state index in [1.165, 1.54) is 20.8 Å². The number of Topliss-reactive ketones (excluding diaryl/α,β-unsaturated/α-hetero) is 3. The summed E-state index contributed by atoms with van der Waals surface area (Å²) in [4.78, 5) is 61.3. The third kappa shape index (κ3) is 16.5. The van der Waals surface area contributed by atoms with Gasteiger partial charge in [0.2, 0.25) is 0 Å². The van der Waals surface area contributed by atoms with Crippen LogP contribution in [0, 0.1) is 17.8 Å². The van der Waals surface area contributed by atoms with Gasteiger partial charge in [0.1, 0.15) is 17.3 Å². The molecule has 0 radical (unpaired) electrons. The Morgan fingerprint density at radius 3 is 0.679 bits per heavy atom. The van der Waals surface area contributed by atoms with Crippen molar-refractivity contribution in [3.63, 3.8) is 0 Å². The van der Waals surface area contributed by atoms with Crippen molar-refractivity contribution in [1.82, 2.24) is 0 Å². The number of carbonyl (C=O) groups excluding carboxylic acids is 6. The first-order valence-electron chi connectivity index (χ1n) is 8.42. The Hall–Kier alpha value is -1.71. The van der Waals surface area contributed by atoms with Crippen molar-refractivity contribution in [1.29, 1.82) is 0 Å². The molecule has 0 aromatic carbocycles. The van der Waals surface area contributed by atoms with Gasteiger partial charge in [-0.15, -0.1) is 0 Å². The Bertz CT molecular complexity index is 425. The molecule has 28 heavy (non-hydrogen) atoms. The van der Waals surface area contributed by atoms with Crippen molar-refractivity contribution in [3.05, 3.63) is 0 Å². The van der Waals surface area contributed by atoms with Gasteiger partial charge in [-0.1, -0.05) is 20.8 Å². The summed E-state index contributed by atoms with van der Waals surface area (Å²) in [5.74, 6) is -7.56. The number of rotatable bonds is 9. The summed E-state index contributed by atoms with van der Waals surface area (Å²) >= 11 is 0. The third-order valence-corrected chi connectivity index (χ3v) is 3.55. The third-order valence-electron chi connectivity index (χ3n) is 3.55. The van der Waals surface area contributed by atoms with Crippen molar-refractivity contribution in [2.45, 2.75) is 60.8 Å². The van der Waals surface area contributed by atoms with Gasteiger partial charge in [0.25, 0.3) is 0 Å². The van der Waals surface area contributed by atoms with Gasteiger partial charge in [0.05, 0.1) is 35.7 Å². The van der Waals surface area contributed by atoms with Crippen molar-refractivity contribution in [3.8, 4) is 0 Å². The fourth-order valence-electron chi connectivity index (χ4n) is 1.86. The summed E-state index contributed by atoms with van der Waals surface area (Å²) in [5.41, 5.74) is 0. The molecule has 0 fully saturated rings. The van der Waals surface area contributed by atoms with Crippen molar-refractivity contribution in [2.24, 2.45) is 17.8 Å². The van der Waals surface area contributed by atoms with E-state index in [9.17, 15) is 44.1 Å². The molecule has 3 unspecified atom stereocenters. The van der Waals surface area contributed by atoms with E-state index in [-0.39, 0.29) is 43.2 Å². The monoisotopic (exact) mass is 502 g/mol. The summed E-state index contributed by atoms with van der Waals surface area (Å²) in [7, 11) is 0. The second-order valence-electron chi connectivity index (χ2n) is 5.67. The van der Waals surface area contributed by atoms with E-state index in [0.717, 1.165) is 0 Å². The van der Waals surface area contributed by atoms with Gasteiger partial charge in [-0.05, 0) is 40.0 Å². The molecule has 0 bridgehead atoms. The molecule has 0 spiro atoms. The quantitative estimate of drug-likeness (QED) is 0.314. The molecular formula is C18H27InO9.